The number of hydrogen-bond donors (Lipinski definition) is 2. The van der Waals surface area contributed by atoms with Crippen LogP contribution in [0.1, 0.15) is 80.1 Å². The van der Waals surface area contributed by atoms with Gasteiger partial charge in [-0.05, 0) is 72.2 Å². The minimum absolute atomic E-state index is 0.136. The Morgan fingerprint density at radius 3 is 1.82 bits per heavy atom. The van der Waals surface area contributed by atoms with Crippen molar-refractivity contribution in [1.29, 1.82) is 0 Å². The lowest BCUT2D eigenvalue weighted by molar-refractivity contribution is -0.00100. The maximum atomic E-state index is 10.6. The van der Waals surface area contributed by atoms with Gasteiger partial charge in [-0.1, -0.05) is 46.7 Å². The van der Waals surface area contributed by atoms with Crippen molar-refractivity contribution in [3.05, 3.63) is 11.8 Å². The predicted octanol–water partition coefficient (Wildman–Crippen LogP) is 4.29. The fourth-order valence-corrected chi connectivity index (χ4v) is 8.58. The van der Waals surface area contributed by atoms with Gasteiger partial charge in [-0.3, -0.25) is 9.80 Å². The van der Waals surface area contributed by atoms with E-state index in [-0.39, 0.29) is 22.9 Å². The van der Waals surface area contributed by atoms with Crippen molar-refractivity contribution in [1.82, 2.24) is 9.80 Å². The van der Waals surface area contributed by atoms with Gasteiger partial charge in [0.25, 0.3) is 0 Å². The topological polar surface area (TPSA) is 77.8 Å². The van der Waals surface area contributed by atoms with E-state index < -0.39 is 12.2 Å². The fraction of sp³-hybridized carbons (Fsp3) is 0.903. The van der Waals surface area contributed by atoms with E-state index >= 15 is 0 Å². The molecule has 1 saturated heterocycles. The van der Waals surface area contributed by atoms with Crippen LogP contribution in [0.5, 0.6) is 0 Å². The quantitative estimate of drug-likeness (QED) is 0.324. The number of β-amino-alcohol motifs (C(OH)–C–C–N with tert-alkyl or cyclic N) is 2. The number of aliphatic hydroxyl groups excluding tert-OH is 2. The number of allylic oxidation sites excluding steroid dienone is 1. The zero-order valence-corrected chi connectivity index (χ0v) is 24.8. The summed E-state index contributed by atoms with van der Waals surface area (Å²) in [6.45, 7) is 19.6. The van der Waals surface area contributed by atoms with E-state index in [4.69, 9.17) is 9.57 Å². The summed E-state index contributed by atoms with van der Waals surface area (Å²) < 4.78 is 5.91. The van der Waals surface area contributed by atoms with E-state index in [0.29, 0.717) is 31.0 Å². The molecule has 6 atom stereocenters. The number of ether oxygens (including phenoxy) is 1. The standard InChI is InChI=1S/C31H53N3O4/c1-28(2)22-7-9-30(28,5)24(15-22)19-37-20-25(35)17-33-11-13-34(14-12-33)18-26(36)21-38-32-27-16-23-8-10-31(27,6)29(23,3)4/h19,22-23,25-26,35-36H,7-18,20-21H2,1-6H3/b24-19+,32-27-/t22-,23-,25+,26-,30+,31-/m0/s1. The Kier molecular flexibility index (Phi) is 7.73. The van der Waals surface area contributed by atoms with E-state index in [1.807, 2.05) is 6.26 Å². The molecule has 0 amide bonds. The molecule has 0 aromatic heterocycles. The monoisotopic (exact) mass is 531 g/mol. The molecule has 1 aliphatic heterocycles. The first kappa shape index (κ1) is 28.4. The second-order valence-corrected chi connectivity index (χ2v) is 14.7. The van der Waals surface area contributed by atoms with Crippen molar-refractivity contribution in [3.8, 4) is 0 Å². The molecular weight excluding hydrogens is 478 g/mol. The highest BCUT2D eigenvalue weighted by Gasteiger charge is 2.60. The van der Waals surface area contributed by atoms with Gasteiger partial charge in [0.1, 0.15) is 25.4 Å². The van der Waals surface area contributed by atoms with Gasteiger partial charge >= 0.3 is 0 Å². The first-order chi connectivity index (χ1) is 17.9. The van der Waals surface area contributed by atoms with Crippen molar-refractivity contribution in [2.24, 2.45) is 38.7 Å². The third-order valence-corrected chi connectivity index (χ3v) is 12.5. The molecule has 0 spiro atoms. The van der Waals surface area contributed by atoms with E-state index in [1.165, 1.54) is 37.0 Å². The summed E-state index contributed by atoms with van der Waals surface area (Å²) in [5, 5.41) is 25.6. The maximum absolute atomic E-state index is 10.6. The lowest BCUT2D eigenvalue weighted by Crippen LogP contribution is -2.51. The van der Waals surface area contributed by atoms with Gasteiger partial charge in [-0.25, -0.2) is 0 Å². The molecule has 216 valence electrons. The summed E-state index contributed by atoms with van der Waals surface area (Å²) in [6.07, 6.45) is 8.16. The summed E-state index contributed by atoms with van der Waals surface area (Å²) in [6, 6.07) is 0. The maximum Gasteiger partial charge on any atom is 0.144 e. The molecular formula is C31H53N3O4. The largest absolute Gasteiger partial charge is 0.498 e. The number of fused-ring (bicyclic) bond motifs is 4. The molecule has 5 fully saturated rings. The van der Waals surface area contributed by atoms with Crippen molar-refractivity contribution in [2.45, 2.75) is 92.3 Å². The highest BCUT2D eigenvalue weighted by atomic mass is 16.6. The highest BCUT2D eigenvalue weighted by molar-refractivity contribution is 5.93. The minimum Gasteiger partial charge on any atom is -0.498 e. The molecule has 0 unspecified atom stereocenters. The molecule has 4 aliphatic carbocycles. The Bertz CT molecular complexity index is 850. The fourth-order valence-electron chi connectivity index (χ4n) is 8.58. The Morgan fingerprint density at radius 2 is 1.34 bits per heavy atom. The van der Waals surface area contributed by atoms with Crippen LogP contribution in [-0.2, 0) is 9.57 Å². The van der Waals surface area contributed by atoms with Gasteiger partial charge < -0.3 is 19.8 Å². The van der Waals surface area contributed by atoms with Crippen molar-refractivity contribution in [3.63, 3.8) is 0 Å². The van der Waals surface area contributed by atoms with Crippen LogP contribution in [0.3, 0.4) is 0 Å². The van der Waals surface area contributed by atoms with Crippen LogP contribution in [-0.4, -0.2) is 90.4 Å². The van der Waals surface area contributed by atoms with Gasteiger partial charge in [-0.15, -0.1) is 0 Å². The Labute approximate surface area is 230 Å². The molecule has 38 heavy (non-hydrogen) atoms. The van der Waals surface area contributed by atoms with E-state index in [9.17, 15) is 10.2 Å². The lowest BCUT2D eigenvalue weighted by Gasteiger charge is -2.36. The number of rotatable bonds is 10. The number of aliphatic hydroxyl groups is 2. The summed E-state index contributed by atoms with van der Waals surface area (Å²) in [4.78, 5) is 10.2. The van der Waals surface area contributed by atoms with Crippen LogP contribution in [0.15, 0.2) is 17.0 Å². The van der Waals surface area contributed by atoms with E-state index in [1.54, 1.807) is 0 Å². The summed E-state index contributed by atoms with van der Waals surface area (Å²) in [7, 11) is 0. The first-order valence-electron chi connectivity index (χ1n) is 15.2. The number of oxime groups is 1. The lowest BCUT2D eigenvalue weighted by atomic mass is 9.69. The zero-order valence-electron chi connectivity index (χ0n) is 24.8. The van der Waals surface area contributed by atoms with Crippen molar-refractivity contribution >= 4 is 5.71 Å². The van der Waals surface area contributed by atoms with Crippen LogP contribution in [0.2, 0.25) is 0 Å². The van der Waals surface area contributed by atoms with Gasteiger partial charge in [0, 0.05) is 44.7 Å². The molecule has 5 aliphatic rings. The average Bonchev–Trinajstić information content (AvgIpc) is 3.37. The number of nitrogens with zero attached hydrogens (tertiary/aromatic N) is 3. The van der Waals surface area contributed by atoms with Crippen LogP contribution in [0.4, 0.5) is 0 Å². The number of hydrogen-bond acceptors (Lipinski definition) is 7. The zero-order chi connectivity index (χ0) is 27.3. The van der Waals surface area contributed by atoms with Crippen LogP contribution in [0.25, 0.3) is 0 Å². The van der Waals surface area contributed by atoms with Crippen LogP contribution < -0.4 is 0 Å². The van der Waals surface area contributed by atoms with Crippen LogP contribution >= 0.6 is 0 Å². The summed E-state index contributed by atoms with van der Waals surface area (Å²) in [5.74, 6) is 1.47. The third-order valence-electron chi connectivity index (χ3n) is 12.5. The van der Waals surface area contributed by atoms with Crippen LogP contribution in [0, 0.1) is 33.5 Å². The molecule has 0 aromatic rings. The SMILES string of the molecule is CC1(C)[C@H]2CC[C@@]1(C)/C(=N\OC[C@@H](O)CN1CCN(C[C@@H](O)CO/C=C3\C[C@@H]4CC[C@@]3(C)C4(C)C)CC1)C2. The molecule has 0 radical (unpaired) electrons. The van der Waals surface area contributed by atoms with Gasteiger partial charge in [0.2, 0.25) is 0 Å². The van der Waals surface area contributed by atoms with E-state index in [2.05, 4.69) is 56.5 Å². The Balaban J connectivity index is 0.977. The van der Waals surface area contributed by atoms with Crippen molar-refractivity contribution in [2.75, 3.05) is 52.5 Å². The van der Waals surface area contributed by atoms with Gasteiger partial charge in [0.15, 0.2) is 0 Å². The molecule has 1 heterocycles. The van der Waals surface area contributed by atoms with Crippen molar-refractivity contribution < 1.29 is 19.8 Å². The predicted molar refractivity (Wildman–Crippen MR) is 151 cm³/mol. The van der Waals surface area contributed by atoms with Gasteiger partial charge in [0.05, 0.1) is 12.0 Å². The normalized spacial score (nSPS) is 39.8. The Hall–Kier alpha value is -1.15. The number of piperazine rings is 1. The average molecular weight is 532 g/mol. The molecule has 7 nitrogen and oxygen atoms in total. The second-order valence-electron chi connectivity index (χ2n) is 14.7. The summed E-state index contributed by atoms with van der Waals surface area (Å²) >= 11 is 0. The molecule has 2 N–H and O–H groups in total. The minimum atomic E-state index is -0.546. The highest BCUT2D eigenvalue weighted by Crippen LogP contribution is 2.68. The first-order valence-corrected chi connectivity index (χ1v) is 15.2. The molecule has 4 saturated carbocycles. The molecule has 0 aromatic carbocycles. The smallest absolute Gasteiger partial charge is 0.144 e. The third kappa shape index (κ3) is 4.84. The Morgan fingerprint density at radius 1 is 0.816 bits per heavy atom. The van der Waals surface area contributed by atoms with Gasteiger partial charge in [-0.2, -0.15) is 0 Å². The summed E-state index contributed by atoms with van der Waals surface area (Å²) in [5.41, 5.74) is 3.63. The molecule has 5 rings (SSSR count). The van der Waals surface area contributed by atoms with E-state index in [0.717, 1.165) is 44.9 Å². The molecule has 7 heteroatoms. The molecule has 4 bridgehead atoms. The second kappa shape index (κ2) is 10.4.